The fourth-order valence-corrected chi connectivity index (χ4v) is 3.26. The van der Waals surface area contributed by atoms with Crippen molar-refractivity contribution in [3.8, 4) is 0 Å². The molecule has 1 heterocycles. The summed E-state index contributed by atoms with van der Waals surface area (Å²) in [6.45, 7) is 0.768. The number of imide groups is 1. The Hall–Kier alpha value is -2.41. The number of unbranched alkanes of at least 4 members (excludes halogenated alkanes) is 6. The summed E-state index contributed by atoms with van der Waals surface area (Å²) < 4.78 is 0. The quantitative estimate of drug-likeness (QED) is 0.325. The van der Waals surface area contributed by atoms with Gasteiger partial charge < -0.3 is 16.4 Å². The van der Waals surface area contributed by atoms with Crippen LogP contribution in [0.1, 0.15) is 64.2 Å². The van der Waals surface area contributed by atoms with Crippen molar-refractivity contribution in [1.29, 1.82) is 0 Å². The molecule has 5 N–H and O–H groups in total. The van der Waals surface area contributed by atoms with Gasteiger partial charge in [-0.2, -0.15) is 0 Å². The van der Waals surface area contributed by atoms with Gasteiger partial charge in [0.25, 0.3) is 0 Å². The molecule has 1 aliphatic heterocycles. The maximum absolute atomic E-state index is 12.1. The average molecular weight is 389 g/mol. The molecule has 1 unspecified atom stereocenters. The van der Waals surface area contributed by atoms with Gasteiger partial charge in [0.05, 0.1) is 0 Å². The zero-order chi connectivity index (χ0) is 20.2. The van der Waals surface area contributed by atoms with Crippen molar-refractivity contribution in [2.75, 3.05) is 17.2 Å². The van der Waals surface area contributed by atoms with E-state index in [2.05, 4.69) is 16.0 Å². The summed E-state index contributed by atoms with van der Waals surface area (Å²) in [4.78, 5) is 35.2. The number of amides is 3. The highest BCUT2D eigenvalue weighted by molar-refractivity contribution is 6.01. The molecule has 1 aromatic rings. The number of nitrogens with two attached hydrogens (primary N) is 1. The molecule has 1 atom stereocenters. The van der Waals surface area contributed by atoms with E-state index in [0.29, 0.717) is 24.9 Å². The van der Waals surface area contributed by atoms with Crippen molar-refractivity contribution >= 4 is 29.1 Å². The molecular weight excluding hydrogens is 356 g/mol. The van der Waals surface area contributed by atoms with Crippen LogP contribution in [-0.4, -0.2) is 30.3 Å². The predicted molar refractivity (Wildman–Crippen MR) is 111 cm³/mol. The third kappa shape index (κ3) is 8.08. The number of nitrogens with one attached hydrogen (secondary N) is 3. The summed E-state index contributed by atoms with van der Waals surface area (Å²) >= 11 is 0. The van der Waals surface area contributed by atoms with Crippen LogP contribution in [0.3, 0.4) is 0 Å². The Kier molecular flexibility index (Phi) is 9.48. The largest absolute Gasteiger partial charge is 0.374 e. The molecule has 1 aromatic carbocycles. The van der Waals surface area contributed by atoms with E-state index in [1.807, 2.05) is 18.2 Å². The van der Waals surface area contributed by atoms with Crippen LogP contribution in [0, 0.1) is 0 Å². The summed E-state index contributed by atoms with van der Waals surface area (Å²) in [5.41, 5.74) is 6.92. The molecule has 0 aliphatic carbocycles. The van der Waals surface area contributed by atoms with Crippen molar-refractivity contribution in [3.05, 3.63) is 24.3 Å². The normalized spacial score (nSPS) is 16.5. The lowest BCUT2D eigenvalue weighted by Crippen LogP contribution is -2.47. The van der Waals surface area contributed by atoms with Gasteiger partial charge in [0, 0.05) is 24.2 Å². The van der Waals surface area contributed by atoms with E-state index in [-0.39, 0.29) is 17.7 Å². The van der Waals surface area contributed by atoms with Gasteiger partial charge in [-0.25, -0.2) is 0 Å². The number of carbonyl (C=O) groups excluding carboxylic acids is 3. The molecule has 7 heteroatoms. The highest BCUT2D eigenvalue weighted by Gasteiger charge is 2.26. The lowest BCUT2D eigenvalue weighted by molar-refractivity contribution is -0.133. The van der Waals surface area contributed by atoms with Gasteiger partial charge in [-0.3, -0.25) is 19.7 Å². The molecule has 0 spiro atoms. The molecule has 3 amide bonds. The molecule has 28 heavy (non-hydrogen) atoms. The van der Waals surface area contributed by atoms with Crippen molar-refractivity contribution in [1.82, 2.24) is 5.32 Å². The van der Waals surface area contributed by atoms with Crippen molar-refractivity contribution in [3.63, 3.8) is 0 Å². The first-order chi connectivity index (χ1) is 13.6. The zero-order valence-corrected chi connectivity index (χ0v) is 16.5. The number of benzene rings is 1. The number of piperidine rings is 1. The van der Waals surface area contributed by atoms with Gasteiger partial charge >= 0.3 is 0 Å². The minimum atomic E-state index is -0.437. The lowest BCUT2D eigenvalue weighted by atomic mass is 10.1. The molecule has 1 aliphatic rings. The number of carbonyl (C=O) groups is 3. The summed E-state index contributed by atoms with van der Waals surface area (Å²) in [5, 5.41) is 8.36. The summed E-state index contributed by atoms with van der Waals surface area (Å²) in [6.07, 6.45) is 9.12. The van der Waals surface area contributed by atoms with E-state index < -0.39 is 6.04 Å². The molecule has 0 saturated carbocycles. The van der Waals surface area contributed by atoms with Crippen LogP contribution in [0.15, 0.2) is 24.3 Å². The van der Waals surface area contributed by atoms with E-state index in [1.54, 1.807) is 6.07 Å². The standard InChI is InChI=1S/C21H32N4O3/c22-14-7-5-3-1-2-4-6-11-19(26)24-17-10-8-9-16(15-17)23-18-12-13-20(27)25-21(18)28/h8-10,15,18,23H,1-7,11-14,22H2,(H,24,26)(H,25,27,28). The van der Waals surface area contributed by atoms with Crippen LogP contribution in [0.5, 0.6) is 0 Å². The third-order valence-corrected chi connectivity index (χ3v) is 4.83. The zero-order valence-electron chi connectivity index (χ0n) is 16.5. The highest BCUT2D eigenvalue weighted by atomic mass is 16.2. The third-order valence-electron chi connectivity index (χ3n) is 4.83. The molecule has 1 saturated heterocycles. The second kappa shape index (κ2) is 12.1. The summed E-state index contributed by atoms with van der Waals surface area (Å²) in [7, 11) is 0. The molecule has 7 nitrogen and oxygen atoms in total. The van der Waals surface area contributed by atoms with Crippen LogP contribution in [-0.2, 0) is 14.4 Å². The first-order valence-corrected chi connectivity index (χ1v) is 10.3. The molecule has 1 fully saturated rings. The molecular formula is C21H32N4O3. The highest BCUT2D eigenvalue weighted by Crippen LogP contribution is 2.19. The van der Waals surface area contributed by atoms with Gasteiger partial charge in [0.15, 0.2) is 0 Å². The first kappa shape index (κ1) is 21.9. The SMILES string of the molecule is NCCCCCCCCCC(=O)Nc1cccc(NC2CCC(=O)NC2=O)c1. The van der Waals surface area contributed by atoms with Gasteiger partial charge in [-0.1, -0.05) is 38.2 Å². The second-order valence-corrected chi connectivity index (χ2v) is 7.29. The maximum Gasteiger partial charge on any atom is 0.249 e. The van der Waals surface area contributed by atoms with E-state index >= 15 is 0 Å². The van der Waals surface area contributed by atoms with Gasteiger partial charge in [-0.15, -0.1) is 0 Å². The fourth-order valence-electron chi connectivity index (χ4n) is 3.26. The van der Waals surface area contributed by atoms with Crippen LogP contribution < -0.4 is 21.7 Å². The van der Waals surface area contributed by atoms with Crippen LogP contribution in [0.4, 0.5) is 11.4 Å². The molecule has 2 rings (SSSR count). The first-order valence-electron chi connectivity index (χ1n) is 10.3. The lowest BCUT2D eigenvalue weighted by Gasteiger charge is -2.23. The maximum atomic E-state index is 12.1. The summed E-state index contributed by atoms with van der Waals surface area (Å²) in [5.74, 6) is -0.547. The van der Waals surface area contributed by atoms with Crippen LogP contribution >= 0.6 is 0 Å². The molecule has 0 aromatic heterocycles. The Morgan fingerprint density at radius 2 is 1.71 bits per heavy atom. The minimum absolute atomic E-state index is 0.00119. The Bertz CT molecular complexity index is 663. The topological polar surface area (TPSA) is 113 Å². The number of hydrogen-bond donors (Lipinski definition) is 4. The van der Waals surface area contributed by atoms with Gasteiger partial charge in [-0.05, 0) is 44.0 Å². The van der Waals surface area contributed by atoms with Gasteiger partial charge in [0.1, 0.15) is 6.04 Å². The van der Waals surface area contributed by atoms with E-state index in [9.17, 15) is 14.4 Å². The van der Waals surface area contributed by atoms with Crippen molar-refractivity contribution in [2.24, 2.45) is 5.73 Å². The molecule has 154 valence electrons. The van der Waals surface area contributed by atoms with Gasteiger partial charge in [0.2, 0.25) is 17.7 Å². The Morgan fingerprint density at radius 3 is 2.43 bits per heavy atom. The second-order valence-electron chi connectivity index (χ2n) is 7.29. The fraction of sp³-hybridized carbons (Fsp3) is 0.571. The smallest absolute Gasteiger partial charge is 0.249 e. The van der Waals surface area contributed by atoms with E-state index in [0.717, 1.165) is 37.9 Å². The number of rotatable bonds is 12. The van der Waals surface area contributed by atoms with Crippen molar-refractivity contribution < 1.29 is 14.4 Å². The minimum Gasteiger partial charge on any atom is -0.374 e. The number of anilines is 2. The van der Waals surface area contributed by atoms with Crippen molar-refractivity contribution in [2.45, 2.75) is 70.3 Å². The Morgan fingerprint density at radius 1 is 1.04 bits per heavy atom. The molecule has 0 bridgehead atoms. The van der Waals surface area contributed by atoms with Crippen LogP contribution in [0.2, 0.25) is 0 Å². The van der Waals surface area contributed by atoms with E-state index in [4.69, 9.17) is 5.73 Å². The van der Waals surface area contributed by atoms with Crippen LogP contribution in [0.25, 0.3) is 0 Å². The summed E-state index contributed by atoms with van der Waals surface area (Å²) in [6, 6.07) is 6.85. The Labute approximate surface area is 166 Å². The molecule has 0 radical (unpaired) electrons. The average Bonchev–Trinajstić information content (AvgIpc) is 2.66. The predicted octanol–water partition coefficient (Wildman–Crippen LogP) is 2.92. The number of hydrogen-bond acceptors (Lipinski definition) is 5. The van der Waals surface area contributed by atoms with E-state index in [1.165, 1.54) is 19.3 Å². The monoisotopic (exact) mass is 388 g/mol. The Balaban J connectivity index is 1.68.